The number of thiazole rings is 1. The van der Waals surface area contributed by atoms with Crippen LogP contribution in [0.3, 0.4) is 0 Å². The van der Waals surface area contributed by atoms with E-state index in [4.69, 9.17) is 9.84 Å². The molecule has 0 aliphatic rings. The van der Waals surface area contributed by atoms with E-state index >= 15 is 0 Å². The number of amides is 2. The fraction of sp³-hybridized carbons (Fsp3) is 0.222. The van der Waals surface area contributed by atoms with Gasteiger partial charge >= 0.3 is 12.1 Å². The van der Waals surface area contributed by atoms with Gasteiger partial charge in [0, 0.05) is 16.6 Å². The van der Waals surface area contributed by atoms with Gasteiger partial charge in [0.05, 0.1) is 13.7 Å². The van der Waals surface area contributed by atoms with Crippen molar-refractivity contribution >= 4 is 35.0 Å². The number of rotatable bonds is 8. The summed E-state index contributed by atoms with van der Waals surface area (Å²) in [6, 6.07) is 5.65. The van der Waals surface area contributed by atoms with Crippen molar-refractivity contribution in [1.29, 1.82) is 0 Å². The number of carbonyl (C=O) groups excluding carboxylic acids is 3. The molecule has 0 saturated carbocycles. The smallest absolute Gasteiger partial charge is 0.411 e. The zero-order chi connectivity index (χ0) is 20.5. The van der Waals surface area contributed by atoms with Gasteiger partial charge in [-0.1, -0.05) is 12.7 Å². The predicted molar refractivity (Wildman–Crippen MR) is 103 cm³/mol. The number of benzene rings is 1. The number of esters is 1. The van der Waals surface area contributed by atoms with Crippen LogP contribution in [0.2, 0.25) is 0 Å². The van der Waals surface area contributed by atoms with Gasteiger partial charge < -0.3 is 19.9 Å². The van der Waals surface area contributed by atoms with Crippen molar-refractivity contribution in [3.8, 4) is 10.6 Å². The number of ether oxygens (including phenoxy) is 2. The van der Waals surface area contributed by atoms with Gasteiger partial charge in [0.2, 0.25) is 0 Å². The highest BCUT2D eigenvalue weighted by molar-refractivity contribution is 7.13. The maximum atomic E-state index is 12.2. The van der Waals surface area contributed by atoms with Crippen LogP contribution in [0.4, 0.5) is 10.5 Å². The Kier molecular flexibility index (Phi) is 7.66. The predicted octanol–water partition coefficient (Wildman–Crippen LogP) is 1.81. The van der Waals surface area contributed by atoms with E-state index in [0.717, 1.165) is 12.7 Å². The molecule has 0 aliphatic heterocycles. The summed E-state index contributed by atoms with van der Waals surface area (Å²) in [5, 5.41) is 16.2. The SMILES string of the molecule is C=CCOC(=O)Nc1ccc(-c2nc(C(=O)N[C@@H](CO)C(=O)OC)cs2)cc1. The Morgan fingerprint density at radius 1 is 1.32 bits per heavy atom. The van der Waals surface area contributed by atoms with E-state index in [1.54, 1.807) is 24.3 Å². The number of aromatic nitrogens is 1. The molecule has 28 heavy (non-hydrogen) atoms. The molecule has 1 atom stereocenters. The minimum Gasteiger partial charge on any atom is -0.467 e. The third-order valence-corrected chi connectivity index (χ3v) is 4.31. The Labute approximate surface area is 165 Å². The Bertz CT molecular complexity index is 849. The largest absolute Gasteiger partial charge is 0.467 e. The maximum Gasteiger partial charge on any atom is 0.411 e. The molecule has 2 amide bonds. The molecule has 2 rings (SSSR count). The summed E-state index contributed by atoms with van der Waals surface area (Å²) in [5.41, 5.74) is 1.38. The highest BCUT2D eigenvalue weighted by Gasteiger charge is 2.22. The number of methoxy groups -OCH3 is 1. The van der Waals surface area contributed by atoms with Gasteiger partial charge in [-0.25, -0.2) is 14.6 Å². The Balaban J connectivity index is 2.03. The molecule has 0 radical (unpaired) electrons. The number of aliphatic hydroxyl groups excluding tert-OH is 1. The molecule has 0 bridgehead atoms. The number of hydrogen-bond acceptors (Lipinski definition) is 8. The molecular formula is C18H19N3O6S. The van der Waals surface area contributed by atoms with Crippen LogP contribution in [-0.2, 0) is 14.3 Å². The van der Waals surface area contributed by atoms with E-state index in [1.807, 2.05) is 0 Å². The molecule has 0 saturated heterocycles. The normalized spacial score (nSPS) is 11.2. The second-order valence-corrected chi connectivity index (χ2v) is 6.22. The average molecular weight is 405 g/mol. The van der Waals surface area contributed by atoms with E-state index in [2.05, 4.69) is 26.9 Å². The van der Waals surface area contributed by atoms with Crippen molar-refractivity contribution in [3.05, 3.63) is 48.0 Å². The molecule has 0 aliphatic carbocycles. The monoisotopic (exact) mass is 405 g/mol. The first kappa shape index (κ1) is 21.1. The second kappa shape index (κ2) is 10.2. The molecular weight excluding hydrogens is 386 g/mol. The van der Waals surface area contributed by atoms with Crippen LogP contribution in [0.25, 0.3) is 10.6 Å². The minimum atomic E-state index is -1.16. The van der Waals surface area contributed by atoms with Gasteiger partial charge in [0.15, 0.2) is 6.04 Å². The molecule has 2 aromatic rings. The molecule has 0 fully saturated rings. The lowest BCUT2D eigenvalue weighted by atomic mass is 10.2. The topological polar surface area (TPSA) is 127 Å². The van der Waals surface area contributed by atoms with Gasteiger partial charge in [0.25, 0.3) is 5.91 Å². The fourth-order valence-corrected chi connectivity index (χ4v) is 2.86. The summed E-state index contributed by atoms with van der Waals surface area (Å²) >= 11 is 1.24. The highest BCUT2D eigenvalue weighted by atomic mass is 32.1. The maximum absolute atomic E-state index is 12.2. The number of hydrogen-bond donors (Lipinski definition) is 3. The highest BCUT2D eigenvalue weighted by Crippen LogP contribution is 2.25. The van der Waals surface area contributed by atoms with E-state index in [-0.39, 0.29) is 12.3 Å². The zero-order valence-electron chi connectivity index (χ0n) is 15.0. The van der Waals surface area contributed by atoms with Crippen LogP contribution >= 0.6 is 11.3 Å². The van der Waals surface area contributed by atoms with E-state index in [9.17, 15) is 14.4 Å². The van der Waals surface area contributed by atoms with Crippen LogP contribution < -0.4 is 10.6 Å². The molecule has 1 aromatic heterocycles. The lowest BCUT2D eigenvalue weighted by molar-refractivity contribution is -0.143. The molecule has 1 heterocycles. The Morgan fingerprint density at radius 3 is 2.64 bits per heavy atom. The molecule has 1 aromatic carbocycles. The lowest BCUT2D eigenvalue weighted by Gasteiger charge is -2.12. The minimum absolute atomic E-state index is 0.109. The molecule has 0 unspecified atom stereocenters. The van der Waals surface area contributed by atoms with E-state index in [1.165, 1.54) is 22.8 Å². The summed E-state index contributed by atoms with van der Waals surface area (Å²) in [7, 11) is 1.16. The van der Waals surface area contributed by atoms with Gasteiger partial charge in [0.1, 0.15) is 17.3 Å². The first-order chi connectivity index (χ1) is 13.5. The quantitative estimate of drug-likeness (QED) is 0.451. The molecule has 148 valence electrons. The average Bonchev–Trinajstić information content (AvgIpc) is 3.20. The van der Waals surface area contributed by atoms with Gasteiger partial charge in [-0.15, -0.1) is 11.3 Å². The van der Waals surface area contributed by atoms with Gasteiger partial charge in [-0.2, -0.15) is 0 Å². The number of aliphatic hydroxyl groups is 1. The first-order valence-corrected chi connectivity index (χ1v) is 8.96. The van der Waals surface area contributed by atoms with Crippen LogP contribution in [-0.4, -0.2) is 54.4 Å². The van der Waals surface area contributed by atoms with Crippen molar-refractivity contribution < 1.29 is 29.0 Å². The van der Waals surface area contributed by atoms with Crippen molar-refractivity contribution in [2.45, 2.75) is 6.04 Å². The second-order valence-electron chi connectivity index (χ2n) is 5.36. The number of anilines is 1. The van der Waals surface area contributed by atoms with Crippen LogP contribution in [0.5, 0.6) is 0 Å². The zero-order valence-corrected chi connectivity index (χ0v) is 15.8. The molecule has 3 N–H and O–H groups in total. The van der Waals surface area contributed by atoms with Crippen LogP contribution in [0.1, 0.15) is 10.5 Å². The summed E-state index contributed by atoms with van der Waals surface area (Å²) in [5.74, 6) is -1.35. The number of carbonyl (C=O) groups is 3. The van der Waals surface area contributed by atoms with Crippen molar-refractivity contribution in [1.82, 2.24) is 10.3 Å². The van der Waals surface area contributed by atoms with Crippen LogP contribution in [0.15, 0.2) is 42.3 Å². The standard InChI is InChI=1S/C18H19N3O6S/c1-3-8-27-18(25)19-12-6-4-11(5-7-12)16-21-14(10-28-16)15(23)20-13(9-22)17(24)26-2/h3-7,10,13,22H,1,8-9H2,2H3,(H,19,25)(H,20,23)/t13-/m0/s1. The third-order valence-electron chi connectivity index (χ3n) is 3.42. The third kappa shape index (κ3) is 5.63. The Morgan fingerprint density at radius 2 is 2.04 bits per heavy atom. The van der Waals surface area contributed by atoms with E-state index < -0.39 is 30.6 Å². The summed E-state index contributed by atoms with van der Waals surface area (Å²) in [6.07, 6.45) is 0.872. The van der Waals surface area contributed by atoms with Crippen molar-refractivity contribution in [2.24, 2.45) is 0 Å². The van der Waals surface area contributed by atoms with E-state index in [0.29, 0.717) is 10.7 Å². The fourth-order valence-electron chi connectivity index (χ4n) is 2.05. The van der Waals surface area contributed by atoms with Crippen molar-refractivity contribution in [3.63, 3.8) is 0 Å². The lowest BCUT2D eigenvalue weighted by Crippen LogP contribution is -2.44. The summed E-state index contributed by atoms with van der Waals surface area (Å²) in [6.45, 7) is 2.99. The first-order valence-electron chi connectivity index (χ1n) is 8.08. The molecule has 10 heteroatoms. The summed E-state index contributed by atoms with van der Waals surface area (Å²) in [4.78, 5) is 39.4. The van der Waals surface area contributed by atoms with Gasteiger partial charge in [-0.3, -0.25) is 10.1 Å². The van der Waals surface area contributed by atoms with Crippen molar-refractivity contribution in [2.75, 3.05) is 25.6 Å². The number of nitrogens with one attached hydrogen (secondary N) is 2. The molecule has 9 nitrogen and oxygen atoms in total. The van der Waals surface area contributed by atoms with Crippen LogP contribution in [0, 0.1) is 0 Å². The Hall–Kier alpha value is -3.24. The van der Waals surface area contributed by atoms with Gasteiger partial charge in [-0.05, 0) is 24.3 Å². The number of nitrogens with zero attached hydrogens (tertiary/aromatic N) is 1. The molecule has 0 spiro atoms. The summed E-state index contributed by atoms with van der Waals surface area (Å²) < 4.78 is 9.33.